The average molecular weight is 391 g/mol. The first-order valence-corrected chi connectivity index (χ1v) is 10.5. The summed E-state index contributed by atoms with van der Waals surface area (Å²) in [4.78, 5) is 10.0. The van der Waals surface area contributed by atoms with Gasteiger partial charge in [-0.1, -0.05) is 31.2 Å². The molecular formula is C24H30N4O. The Balaban J connectivity index is 1.63. The van der Waals surface area contributed by atoms with E-state index in [2.05, 4.69) is 64.5 Å². The first-order chi connectivity index (χ1) is 14.3. The van der Waals surface area contributed by atoms with E-state index in [4.69, 9.17) is 9.72 Å². The highest BCUT2D eigenvalue weighted by Gasteiger charge is 2.19. The molecule has 2 heterocycles. The lowest BCUT2D eigenvalue weighted by Gasteiger charge is -2.35. The van der Waals surface area contributed by atoms with Crippen LogP contribution < -0.4 is 15.0 Å². The van der Waals surface area contributed by atoms with E-state index in [0.29, 0.717) is 6.61 Å². The lowest BCUT2D eigenvalue weighted by atomic mass is 10.1. The molecule has 0 radical (unpaired) electrons. The summed E-state index contributed by atoms with van der Waals surface area (Å²) in [7, 11) is 1.93. The molecule has 1 aromatic heterocycles. The average Bonchev–Trinajstić information content (AvgIpc) is 2.79. The lowest BCUT2D eigenvalue weighted by molar-refractivity contribution is 0.271. The molecule has 0 saturated carbocycles. The van der Waals surface area contributed by atoms with E-state index in [9.17, 15) is 0 Å². The number of rotatable bonds is 7. The maximum atomic E-state index is 5.75. The predicted octanol–water partition coefficient (Wildman–Crippen LogP) is 3.64. The van der Waals surface area contributed by atoms with E-state index in [1.165, 1.54) is 10.8 Å². The molecule has 0 amide bonds. The molecule has 0 aliphatic carbocycles. The third-order valence-corrected chi connectivity index (χ3v) is 5.61. The van der Waals surface area contributed by atoms with E-state index >= 15 is 0 Å². The number of nitrogens with zero attached hydrogens (tertiary/aromatic N) is 3. The lowest BCUT2D eigenvalue weighted by Crippen LogP contribution is -2.46. The van der Waals surface area contributed by atoms with Crippen molar-refractivity contribution in [2.45, 2.75) is 6.92 Å². The van der Waals surface area contributed by atoms with E-state index in [1.807, 2.05) is 19.2 Å². The topological polar surface area (TPSA) is 40.6 Å². The molecule has 5 nitrogen and oxygen atoms in total. The molecule has 4 rings (SSSR count). The van der Waals surface area contributed by atoms with E-state index in [1.54, 1.807) is 0 Å². The summed E-state index contributed by atoms with van der Waals surface area (Å²) < 4.78 is 5.75. The van der Waals surface area contributed by atoms with Crippen molar-refractivity contribution in [3.05, 3.63) is 54.6 Å². The van der Waals surface area contributed by atoms with Crippen LogP contribution in [0.1, 0.15) is 6.92 Å². The Labute approximate surface area is 173 Å². The van der Waals surface area contributed by atoms with E-state index in [-0.39, 0.29) is 0 Å². The van der Waals surface area contributed by atoms with Crippen LogP contribution in [0, 0.1) is 0 Å². The normalized spacial score (nSPS) is 15.0. The first-order valence-electron chi connectivity index (χ1n) is 10.5. The number of aromatic nitrogens is 1. The smallest absolute Gasteiger partial charge is 0.137 e. The van der Waals surface area contributed by atoms with Crippen LogP contribution >= 0.6 is 0 Å². The molecule has 0 atom stereocenters. The minimum Gasteiger partial charge on any atom is -0.492 e. The van der Waals surface area contributed by atoms with Crippen molar-refractivity contribution >= 4 is 16.6 Å². The molecule has 2 aromatic carbocycles. The molecule has 29 heavy (non-hydrogen) atoms. The summed E-state index contributed by atoms with van der Waals surface area (Å²) in [6.45, 7) is 9.07. The highest BCUT2D eigenvalue weighted by molar-refractivity contribution is 5.95. The van der Waals surface area contributed by atoms with Crippen molar-refractivity contribution in [1.82, 2.24) is 15.2 Å². The van der Waals surface area contributed by atoms with Gasteiger partial charge >= 0.3 is 0 Å². The second-order valence-corrected chi connectivity index (χ2v) is 7.45. The molecule has 1 aliphatic heterocycles. The SMILES string of the molecule is CCN1CCN(c2nc(-c3ccc(OCCNC)cc3)cc3ccccc23)CC1. The third-order valence-electron chi connectivity index (χ3n) is 5.61. The van der Waals surface area contributed by atoms with Gasteiger partial charge in [0.2, 0.25) is 0 Å². The Morgan fingerprint density at radius 1 is 1.00 bits per heavy atom. The van der Waals surface area contributed by atoms with Crippen LogP contribution in [-0.4, -0.2) is 62.8 Å². The fourth-order valence-electron chi connectivity index (χ4n) is 3.84. The van der Waals surface area contributed by atoms with Crippen LogP contribution in [0.5, 0.6) is 5.75 Å². The fraction of sp³-hybridized carbons (Fsp3) is 0.375. The summed E-state index contributed by atoms with van der Waals surface area (Å²) >= 11 is 0. The Kier molecular flexibility index (Phi) is 6.27. The molecule has 1 fully saturated rings. The second-order valence-electron chi connectivity index (χ2n) is 7.45. The Morgan fingerprint density at radius 3 is 2.48 bits per heavy atom. The van der Waals surface area contributed by atoms with Crippen molar-refractivity contribution in [3.63, 3.8) is 0 Å². The van der Waals surface area contributed by atoms with Gasteiger partial charge in [-0.2, -0.15) is 0 Å². The van der Waals surface area contributed by atoms with Crippen molar-refractivity contribution in [2.24, 2.45) is 0 Å². The quantitative estimate of drug-likeness (QED) is 0.624. The van der Waals surface area contributed by atoms with Gasteiger partial charge in [-0.25, -0.2) is 4.98 Å². The number of likely N-dealkylation sites (N-methyl/N-ethyl adjacent to an activating group) is 2. The van der Waals surface area contributed by atoms with Gasteiger partial charge in [0.1, 0.15) is 18.2 Å². The van der Waals surface area contributed by atoms with Gasteiger partial charge in [-0.15, -0.1) is 0 Å². The summed E-state index contributed by atoms with van der Waals surface area (Å²) in [6, 6.07) is 19.0. The molecule has 5 heteroatoms. The second kappa shape index (κ2) is 9.25. The molecule has 1 aliphatic rings. The maximum absolute atomic E-state index is 5.75. The standard InChI is InChI=1S/C24H30N4O/c1-3-27-13-15-28(16-14-27)24-22-7-5-4-6-20(22)18-23(26-24)19-8-10-21(11-9-19)29-17-12-25-2/h4-11,18,25H,3,12-17H2,1-2H3. The number of pyridine rings is 1. The van der Waals surface area contributed by atoms with Gasteiger partial charge in [-0.05, 0) is 49.3 Å². The molecule has 0 spiro atoms. The van der Waals surface area contributed by atoms with Gasteiger partial charge in [0, 0.05) is 43.7 Å². The monoisotopic (exact) mass is 390 g/mol. The number of fused-ring (bicyclic) bond motifs is 1. The van der Waals surface area contributed by atoms with Crippen molar-refractivity contribution in [2.75, 3.05) is 57.8 Å². The van der Waals surface area contributed by atoms with Crippen LogP contribution in [0.2, 0.25) is 0 Å². The Bertz CT molecular complexity index is 933. The van der Waals surface area contributed by atoms with Crippen molar-refractivity contribution in [3.8, 4) is 17.0 Å². The summed E-state index contributed by atoms with van der Waals surface area (Å²) in [5, 5.41) is 5.56. The molecular weight excluding hydrogens is 360 g/mol. The highest BCUT2D eigenvalue weighted by Crippen LogP contribution is 2.31. The van der Waals surface area contributed by atoms with Crippen molar-refractivity contribution in [1.29, 1.82) is 0 Å². The first kappa shape index (κ1) is 19.7. The summed E-state index contributed by atoms with van der Waals surface area (Å²) in [5.74, 6) is 1.99. The largest absolute Gasteiger partial charge is 0.492 e. The molecule has 3 aromatic rings. The number of hydrogen-bond donors (Lipinski definition) is 1. The van der Waals surface area contributed by atoms with Crippen LogP contribution in [-0.2, 0) is 0 Å². The molecule has 1 N–H and O–H groups in total. The fourth-order valence-corrected chi connectivity index (χ4v) is 3.84. The minimum atomic E-state index is 0.665. The molecule has 1 saturated heterocycles. The molecule has 152 valence electrons. The molecule has 0 bridgehead atoms. The van der Waals surface area contributed by atoms with Crippen LogP contribution in [0.15, 0.2) is 54.6 Å². The Morgan fingerprint density at radius 2 is 1.76 bits per heavy atom. The zero-order valence-corrected chi connectivity index (χ0v) is 17.4. The van der Waals surface area contributed by atoms with Gasteiger partial charge in [0.15, 0.2) is 0 Å². The summed E-state index contributed by atoms with van der Waals surface area (Å²) in [6.07, 6.45) is 0. The highest BCUT2D eigenvalue weighted by atomic mass is 16.5. The zero-order chi connectivity index (χ0) is 20.1. The van der Waals surface area contributed by atoms with E-state index < -0.39 is 0 Å². The number of benzene rings is 2. The zero-order valence-electron chi connectivity index (χ0n) is 17.4. The van der Waals surface area contributed by atoms with Crippen LogP contribution in [0.3, 0.4) is 0 Å². The summed E-state index contributed by atoms with van der Waals surface area (Å²) in [5.41, 5.74) is 2.13. The van der Waals surface area contributed by atoms with Crippen molar-refractivity contribution < 1.29 is 4.74 Å². The predicted molar refractivity (Wildman–Crippen MR) is 121 cm³/mol. The number of nitrogens with one attached hydrogen (secondary N) is 1. The van der Waals surface area contributed by atoms with Gasteiger partial charge in [0.05, 0.1) is 5.69 Å². The maximum Gasteiger partial charge on any atom is 0.137 e. The van der Waals surface area contributed by atoms with Crippen LogP contribution in [0.4, 0.5) is 5.82 Å². The number of ether oxygens (including phenoxy) is 1. The number of anilines is 1. The third kappa shape index (κ3) is 4.52. The minimum absolute atomic E-state index is 0.665. The number of hydrogen-bond acceptors (Lipinski definition) is 5. The van der Waals surface area contributed by atoms with Gasteiger partial charge < -0.3 is 19.9 Å². The Hall–Kier alpha value is -2.63. The van der Waals surface area contributed by atoms with Gasteiger partial charge in [0.25, 0.3) is 0 Å². The number of piperazine rings is 1. The van der Waals surface area contributed by atoms with Crippen LogP contribution in [0.25, 0.3) is 22.0 Å². The van der Waals surface area contributed by atoms with E-state index in [0.717, 1.165) is 62.1 Å². The van der Waals surface area contributed by atoms with Gasteiger partial charge in [-0.3, -0.25) is 0 Å². The molecule has 0 unspecified atom stereocenters.